The Morgan fingerprint density at radius 2 is 1.75 bits per heavy atom. The van der Waals surface area contributed by atoms with Crippen molar-refractivity contribution in [2.75, 3.05) is 20.1 Å². The van der Waals surface area contributed by atoms with Gasteiger partial charge in [-0.15, -0.1) is 0 Å². The van der Waals surface area contributed by atoms with Crippen molar-refractivity contribution in [2.45, 2.75) is 32.4 Å². The molecule has 1 saturated heterocycles. The lowest BCUT2D eigenvalue weighted by atomic mass is 10.1. The standard InChI is InChI=1S/C27H28N6O3/c1-18(27(35)32-11-3-4-12-32)33-17-21(9-10-26(33)34)23-15-29-16-24(30-23)25-13-22(31-36-25)20-7-5-19(6-8-20)14-28-2/h5-10,13,15-18,28H,3-4,11-12,14H2,1-2H3. The fraction of sp³-hybridized carbons (Fsp3) is 0.296. The molecule has 1 aliphatic heterocycles. The van der Waals surface area contributed by atoms with Gasteiger partial charge < -0.3 is 19.3 Å². The van der Waals surface area contributed by atoms with Crippen LogP contribution < -0.4 is 10.9 Å². The molecule has 1 aliphatic rings. The summed E-state index contributed by atoms with van der Waals surface area (Å²) < 4.78 is 7.04. The van der Waals surface area contributed by atoms with Gasteiger partial charge in [0.1, 0.15) is 17.4 Å². The molecule has 9 nitrogen and oxygen atoms in total. The van der Waals surface area contributed by atoms with Crippen LogP contribution in [0.2, 0.25) is 0 Å². The lowest BCUT2D eigenvalue weighted by molar-refractivity contribution is -0.133. The van der Waals surface area contributed by atoms with Crippen molar-refractivity contribution < 1.29 is 9.32 Å². The highest BCUT2D eigenvalue weighted by molar-refractivity contribution is 5.80. The molecule has 1 aromatic carbocycles. The lowest BCUT2D eigenvalue weighted by Gasteiger charge is -2.22. The minimum atomic E-state index is -0.594. The summed E-state index contributed by atoms with van der Waals surface area (Å²) >= 11 is 0. The van der Waals surface area contributed by atoms with Gasteiger partial charge >= 0.3 is 0 Å². The molecule has 4 aromatic rings. The van der Waals surface area contributed by atoms with E-state index in [0.717, 1.165) is 38.0 Å². The number of hydrogen-bond donors (Lipinski definition) is 1. The number of rotatable bonds is 7. The zero-order valence-corrected chi connectivity index (χ0v) is 20.3. The number of nitrogens with one attached hydrogen (secondary N) is 1. The summed E-state index contributed by atoms with van der Waals surface area (Å²) in [6.45, 7) is 4.04. The summed E-state index contributed by atoms with van der Waals surface area (Å²) in [6.07, 6.45) is 6.91. The van der Waals surface area contributed by atoms with Crippen molar-refractivity contribution in [1.29, 1.82) is 0 Å². The van der Waals surface area contributed by atoms with E-state index in [1.54, 1.807) is 31.6 Å². The van der Waals surface area contributed by atoms with E-state index in [9.17, 15) is 9.59 Å². The third-order valence-electron chi connectivity index (χ3n) is 6.45. The van der Waals surface area contributed by atoms with Crippen LogP contribution in [0.1, 0.15) is 31.4 Å². The first-order valence-electron chi connectivity index (χ1n) is 12.1. The monoisotopic (exact) mass is 484 g/mol. The van der Waals surface area contributed by atoms with Crippen molar-refractivity contribution in [3.63, 3.8) is 0 Å². The molecule has 4 heterocycles. The van der Waals surface area contributed by atoms with Crippen molar-refractivity contribution in [3.05, 3.63) is 77.0 Å². The highest BCUT2D eigenvalue weighted by Gasteiger charge is 2.25. The number of pyridine rings is 1. The average Bonchev–Trinajstić information content (AvgIpc) is 3.62. The van der Waals surface area contributed by atoms with E-state index in [2.05, 4.69) is 15.5 Å². The van der Waals surface area contributed by atoms with E-state index in [4.69, 9.17) is 9.51 Å². The van der Waals surface area contributed by atoms with Crippen LogP contribution in [0.25, 0.3) is 34.0 Å². The summed E-state index contributed by atoms with van der Waals surface area (Å²) in [6, 6.07) is 12.5. The van der Waals surface area contributed by atoms with E-state index in [1.165, 1.54) is 16.2 Å². The molecule has 9 heteroatoms. The fourth-order valence-corrected chi connectivity index (χ4v) is 4.43. The van der Waals surface area contributed by atoms with Crippen molar-refractivity contribution in [3.8, 4) is 34.0 Å². The number of likely N-dealkylation sites (tertiary alicyclic amines) is 1. The van der Waals surface area contributed by atoms with Crippen LogP contribution in [-0.2, 0) is 11.3 Å². The molecule has 3 aromatic heterocycles. The Kier molecular flexibility index (Phi) is 6.73. The number of nitrogens with zero attached hydrogens (tertiary/aromatic N) is 5. The molecule has 0 bridgehead atoms. The molecular weight excluding hydrogens is 456 g/mol. The van der Waals surface area contributed by atoms with Gasteiger partial charge in [-0.25, -0.2) is 4.98 Å². The summed E-state index contributed by atoms with van der Waals surface area (Å²) in [7, 11) is 1.91. The first-order valence-corrected chi connectivity index (χ1v) is 12.1. The first-order chi connectivity index (χ1) is 17.5. The minimum Gasteiger partial charge on any atom is -0.354 e. The molecule has 184 valence electrons. The Morgan fingerprint density at radius 3 is 2.50 bits per heavy atom. The number of carbonyl (C=O) groups is 1. The predicted octanol–water partition coefficient (Wildman–Crippen LogP) is 3.53. The average molecular weight is 485 g/mol. The van der Waals surface area contributed by atoms with Crippen LogP contribution in [0, 0.1) is 0 Å². The first kappa shape index (κ1) is 23.6. The van der Waals surface area contributed by atoms with Crippen LogP contribution >= 0.6 is 0 Å². The Morgan fingerprint density at radius 1 is 1.03 bits per heavy atom. The van der Waals surface area contributed by atoms with Gasteiger partial charge in [-0.1, -0.05) is 29.4 Å². The Bertz CT molecular complexity index is 1420. The number of hydrogen-bond acceptors (Lipinski definition) is 7. The number of aromatic nitrogens is 4. The van der Waals surface area contributed by atoms with Gasteiger partial charge in [0.25, 0.3) is 5.56 Å². The predicted molar refractivity (Wildman–Crippen MR) is 136 cm³/mol. The second kappa shape index (κ2) is 10.2. The molecule has 1 fully saturated rings. The molecule has 5 rings (SSSR count). The Hall–Kier alpha value is -4.11. The van der Waals surface area contributed by atoms with E-state index in [-0.39, 0.29) is 11.5 Å². The quantitative estimate of drug-likeness (QED) is 0.428. The van der Waals surface area contributed by atoms with Gasteiger partial charge in [-0.3, -0.25) is 14.6 Å². The maximum absolute atomic E-state index is 12.9. The maximum atomic E-state index is 12.9. The van der Waals surface area contributed by atoms with Crippen LogP contribution in [0.4, 0.5) is 0 Å². The Balaban J connectivity index is 1.40. The van der Waals surface area contributed by atoms with E-state index < -0.39 is 6.04 Å². The molecule has 0 aliphatic carbocycles. The zero-order chi connectivity index (χ0) is 25.1. The van der Waals surface area contributed by atoms with Gasteiger partial charge in [-0.2, -0.15) is 0 Å². The molecule has 1 amide bonds. The van der Waals surface area contributed by atoms with Gasteiger partial charge in [-0.05, 0) is 38.4 Å². The van der Waals surface area contributed by atoms with Gasteiger partial charge in [0, 0.05) is 49.1 Å². The lowest BCUT2D eigenvalue weighted by Crippen LogP contribution is -2.37. The van der Waals surface area contributed by atoms with Gasteiger partial charge in [0.15, 0.2) is 5.76 Å². The normalized spacial score (nSPS) is 14.2. The molecular formula is C27H28N6O3. The van der Waals surface area contributed by atoms with Crippen molar-refractivity contribution in [2.24, 2.45) is 0 Å². The molecule has 0 spiro atoms. The highest BCUT2D eigenvalue weighted by Crippen LogP contribution is 2.27. The van der Waals surface area contributed by atoms with E-state index in [1.807, 2.05) is 42.3 Å². The summed E-state index contributed by atoms with van der Waals surface area (Å²) in [4.78, 5) is 36.3. The van der Waals surface area contributed by atoms with Gasteiger partial charge in [0.2, 0.25) is 5.91 Å². The summed E-state index contributed by atoms with van der Waals surface area (Å²) in [5.74, 6) is 0.448. The van der Waals surface area contributed by atoms with Crippen LogP contribution in [0.5, 0.6) is 0 Å². The number of carbonyl (C=O) groups excluding carboxylic acids is 1. The summed E-state index contributed by atoms with van der Waals surface area (Å²) in [5.41, 5.74) is 4.37. The molecule has 36 heavy (non-hydrogen) atoms. The topological polar surface area (TPSA) is 106 Å². The molecule has 1 unspecified atom stereocenters. The molecule has 0 saturated carbocycles. The van der Waals surface area contributed by atoms with Crippen LogP contribution in [0.3, 0.4) is 0 Å². The largest absolute Gasteiger partial charge is 0.354 e. The fourth-order valence-electron chi connectivity index (χ4n) is 4.43. The maximum Gasteiger partial charge on any atom is 0.251 e. The number of amides is 1. The third-order valence-corrected chi connectivity index (χ3v) is 6.45. The van der Waals surface area contributed by atoms with E-state index >= 15 is 0 Å². The molecule has 1 atom stereocenters. The second-order valence-corrected chi connectivity index (χ2v) is 8.96. The molecule has 0 radical (unpaired) electrons. The minimum absolute atomic E-state index is 0.0419. The van der Waals surface area contributed by atoms with Crippen molar-refractivity contribution >= 4 is 5.91 Å². The zero-order valence-electron chi connectivity index (χ0n) is 20.3. The van der Waals surface area contributed by atoms with Crippen molar-refractivity contribution in [1.82, 2.24) is 29.9 Å². The summed E-state index contributed by atoms with van der Waals surface area (Å²) in [5, 5.41) is 7.33. The smallest absolute Gasteiger partial charge is 0.251 e. The number of benzene rings is 1. The van der Waals surface area contributed by atoms with Gasteiger partial charge in [0.05, 0.1) is 18.1 Å². The Labute approximate surface area is 208 Å². The third kappa shape index (κ3) is 4.83. The van der Waals surface area contributed by atoms with Crippen LogP contribution in [0.15, 0.2) is 70.4 Å². The SMILES string of the molecule is CNCc1ccc(-c2cc(-c3cncc(-c4ccc(=O)n(C(C)C(=O)N5CCCC5)c4)n3)on2)cc1. The van der Waals surface area contributed by atoms with E-state index in [0.29, 0.717) is 28.4 Å². The van der Waals surface area contributed by atoms with Crippen LogP contribution in [-0.4, -0.2) is 50.6 Å². The highest BCUT2D eigenvalue weighted by atomic mass is 16.5. The second-order valence-electron chi connectivity index (χ2n) is 8.96. The molecule has 1 N–H and O–H groups in total.